The van der Waals surface area contributed by atoms with Gasteiger partial charge in [-0.2, -0.15) is 8.78 Å². The monoisotopic (exact) mass is 530 g/mol. The molecule has 1 N–H and O–H groups in total. The van der Waals surface area contributed by atoms with Crippen molar-refractivity contribution in [1.29, 1.82) is 0 Å². The van der Waals surface area contributed by atoms with Gasteiger partial charge in [0.15, 0.2) is 0 Å². The normalized spacial score (nSPS) is 17.8. The quantitative estimate of drug-likeness (QED) is 0.319. The minimum Gasteiger partial charge on any atom is -0.498 e. The summed E-state index contributed by atoms with van der Waals surface area (Å²) in [6.45, 7) is 17.4. The molecule has 1 saturated heterocycles. The van der Waals surface area contributed by atoms with Gasteiger partial charge in [-0.05, 0) is 56.8 Å². The molecule has 1 aromatic carbocycles. The number of halogens is 2. The minimum atomic E-state index is -3.15. The molecule has 38 heavy (non-hydrogen) atoms. The van der Waals surface area contributed by atoms with E-state index in [1.807, 2.05) is 38.1 Å². The third-order valence-electron chi connectivity index (χ3n) is 6.00. The SMILES string of the molecule is C/C=C(\C)OCCC(=O)Nc1ccc2c(c1)C(C)C=CC(N1CCN(C)CC1)=N2.C=CC(=C)OC(C)(F)F. The molecule has 2 aliphatic heterocycles. The van der Waals surface area contributed by atoms with E-state index in [2.05, 4.69) is 59.1 Å². The van der Waals surface area contributed by atoms with Crippen LogP contribution in [0.3, 0.4) is 0 Å². The molecule has 0 saturated carbocycles. The molecule has 2 aliphatic rings. The Balaban J connectivity index is 0.000000484. The summed E-state index contributed by atoms with van der Waals surface area (Å²) in [5.74, 6) is 1.92. The first kappa shape index (κ1) is 30.8. The van der Waals surface area contributed by atoms with Crippen molar-refractivity contribution in [3.05, 3.63) is 72.7 Å². The van der Waals surface area contributed by atoms with Crippen molar-refractivity contribution < 1.29 is 23.0 Å². The number of benzene rings is 1. The zero-order valence-electron chi connectivity index (χ0n) is 23.1. The molecule has 3 rings (SSSR count). The van der Waals surface area contributed by atoms with Gasteiger partial charge < -0.3 is 24.6 Å². The lowest BCUT2D eigenvalue weighted by Crippen LogP contribution is -2.46. The van der Waals surface area contributed by atoms with Crippen LogP contribution in [0.25, 0.3) is 0 Å². The van der Waals surface area contributed by atoms with Crippen LogP contribution >= 0.6 is 0 Å². The number of anilines is 1. The van der Waals surface area contributed by atoms with Gasteiger partial charge in [-0.15, -0.1) is 0 Å². The van der Waals surface area contributed by atoms with Gasteiger partial charge in [0.25, 0.3) is 0 Å². The van der Waals surface area contributed by atoms with Crippen LogP contribution in [0.2, 0.25) is 0 Å². The first-order valence-electron chi connectivity index (χ1n) is 12.7. The van der Waals surface area contributed by atoms with Crippen molar-refractivity contribution in [2.45, 2.75) is 46.1 Å². The zero-order valence-corrected chi connectivity index (χ0v) is 23.1. The van der Waals surface area contributed by atoms with Gasteiger partial charge in [0.2, 0.25) is 5.91 Å². The number of carbonyl (C=O) groups is 1. The number of hydrogen-bond donors (Lipinski definition) is 1. The van der Waals surface area contributed by atoms with Gasteiger partial charge in [0.05, 0.1) is 24.5 Å². The van der Waals surface area contributed by atoms with Crippen LogP contribution in [0.1, 0.15) is 45.6 Å². The van der Waals surface area contributed by atoms with Gasteiger partial charge in [-0.1, -0.05) is 32.2 Å². The Morgan fingerprint density at radius 1 is 1.29 bits per heavy atom. The Morgan fingerprint density at radius 3 is 2.55 bits per heavy atom. The Bertz CT molecular complexity index is 1070. The number of allylic oxidation sites excluding steroid dienone is 4. The molecule has 1 unspecified atom stereocenters. The van der Waals surface area contributed by atoms with Crippen LogP contribution in [-0.4, -0.2) is 67.5 Å². The summed E-state index contributed by atoms with van der Waals surface area (Å²) in [5, 5.41) is 2.98. The van der Waals surface area contributed by atoms with Crippen LogP contribution in [0.5, 0.6) is 0 Å². The van der Waals surface area contributed by atoms with E-state index in [9.17, 15) is 13.6 Å². The van der Waals surface area contributed by atoms with Crippen LogP contribution in [0, 0.1) is 0 Å². The average Bonchev–Trinajstić information content (AvgIpc) is 3.02. The molecule has 1 aromatic rings. The smallest absolute Gasteiger partial charge is 0.394 e. The molecule has 1 atom stereocenters. The lowest BCUT2D eigenvalue weighted by molar-refractivity contribution is -0.194. The molecular formula is C29H40F2N4O3. The molecular weight excluding hydrogens is 490 g/mol. The number of carbonyl (C=O) groups excluding carboxylic acids is 1. The Labute approximate surface area is 225 Å². The highest BCUT2D eigenvalue weighted by atomic mass is 19.3. The molecule has 208 valence electrons. The Kier molecular flexibility index (Phi) is 11.7. The number of nitrogens with zero attached hydrogens (tertiary/aromatic N) is 3. The summed E-state index contributed by atoms with van der Waals surface area (Å²) < 4.78 is 33.1. The molecule has 0 spiro atoms. The second-order valence-electron chi connectivity index (χ2n) is 9.31. The third kappa shape index (κ3) is 10.5. The number of rotatable bonds is 8. The molecule has 0 radical (unpaired) electrons. The van der Waals surface area contributed by atoms with E-state index in [4.69, 9.17) is 9.73 Å². The molecule has 1 amide bonds. The fraction of sp³-hybridized carbons (Fsp3) is 0.448. The fourth-order valence-electron chi connectivity index (χ4n) is 3.69. The number of hydrogen-bond acceptors (Lipinski definition) is 6. The number of amidine groups is 1. The molecule has 1 fully saturated rings. The van der Waals surface area contributed by atoms with Crippen LogP contribution in [-0.2, 0) is 14.3 Å². The van der Waals surface area contributed by atoms with E-state index < -0.39 is 6.11 Å². The van der Waals surface area contributed by atoms with Crippen molar-refractivity contribution in [2.75, 3.05) is 45.2 Å². The fourth-order valence-corrected chi connectivity index (χ4v) is 3.69. The zero-order chi connectivity index (χ0) is 28.3. The van der Waals surface area contributed by atoms with E-state index in [-0.39, 0.29) is 17.6 Å². The Hall–Kier alpha value is -3.46. The third-order valence-corrected chi connectivity index (χ3v) is 6.00. The van der Waals surface area contributed by atoms with Crippen LogP contribution in [0.15, 0.2) is 72.2 Å². The van der Waals surface area contributed by atoms with Crippen molar-refractivity contribution >= 4 is 23.1 Å². The average molecular weight is 531 g/mol. The highest BCUT2D eigenvalue weighted by Crippen LogP contribution is 2.33. The lowest BCUT2D eigenvalue weighted by atomic mass is 9.98. The highest BCUT2D eigenvalue weighted by Gasteiger charge is 2.22. The number of aliphatic imine (C=N–C) groups is 1. The van der Waals surface area contributed by atoms with Gasteiger partial charge in [-0.3, -0.25) is 4.79 Å². The predicted molar refractivity (Wildman–Crippen MR) is 150 cm³/mol. The van der Waals surface area contributed by atoms with Crippen LogP contribution < -0.4 is 5.32 Å². The van der Waals surface area contributed by atoms with E-state index in [1.54, 1.807) is 0 Å². The maximum Gasteiger partial charge on any atom is 0.394 e. The second-order valence-corrected chi connectivity index (χ2v) is 9.31. The van der Waals surface area contributed by atoms with E-state index in [0.29, 0.717) is 20.0 Å². The maximum absolute atomic E-state index is 12.2. The largest absolute Gasteiger partial charge is 0.498 e. The number of amides is 1. The summed E-state index contributed by atoms with van der Waals surface area (Å²) in [4.78, 5) is 21.8. The summed E-state index contributed by atoms with van der Waals surface area (Å²) >= 11 is 0. The van der Waals surface area contributed by atoms with Crippen molar-refractivity contribution in [3.8, 4) is 0 Å². The van der Waals surface area contributed by atoms with Crippen molar-refractivity contribution in [2.24, 2.45) is 4.99 Å². The summed E-state index contributed by atoms with van der Waals surface area (Å²) in [6.07, 6.45) is 4.51. The minimum absolute atomic E-state index is 0.0488. The van der Waals surface area contributed by atoms with Gasteiger partial charge in [0, 0.05) is 44.7 Å². The van der Waals surface area contributed by atoms with Gasteiger partial charge in [-0.25, -0.2) is 4.99 Å². The summed E-state index contributed by atoms with van der Waals surface area (Å²) in [5.41, 5.74) is 2.90. The number of nitrogens with one attached hydrogen (secondary N) is 1. The topological polar surface area (TPSA) is 66.4 Å². The first-order valence-corrected chi connectivity index (χ1v) is 12.7. The molecule has 0 aliphatic carbocycles. The number of fused-ring (bicyclic) bond motifs is 1. The highest BCUT2D eigenvalue weighted by molar-refractivity contribution is 5.96. The second kappa shape index (κ2) is 14.5. The number of piperazine rings is 1. The molecule has 0 bridgehead atoms. The predicted octanol–water partition coefficient (Wildman–Crippen LogP) is 6.22. The summed E-state index contributed by atoms with van der Waals surface area (Å²) in [6, 6.07) is 5.97. The number of alkyl halides is 2. The van der Waals surface area contributed by atoms with Gasteiger partial charge in [0.1, 0.15) is 11.6 Å². The van der Waals surface area contributed by atoms with E-state index >= 15 is 0 Å². The molecule has 7 nitrogen and oxygen atoms in total. The van der Waals surface area contributed by atoms with Crippen molar-refractivity contribution in [3.63, 3.8) is 0 Å². The maximum atomic E-state index is 12.2. The molecule has 2 heterocycles. The lowest BCUT2D eigenvalue weighted by Gasteiger charge is -2.33. The molecule has 9 heteroatoms. The van der Waals surface area contributed by atoms with Crippen LogP contribution in [0.4, 0.5) is 20.2 Å². The van der Waals surface area contributed by atoms with E-state index in [1.165, 1.54) is 0 Å². The standard InChI is InChI=1S/C23H32N4O2.C6H8F2O/c1-5-18(3)29-15-10-23(28)24-19-7-8-21-20(16-19)17(2)6-9-22(25-21)27-13-11-26(4)12-14-27;1-4-5(2)9-6(3,7)8/h5-9,16-17H,10-15H2,1-4H3,(H,24,28);4H,1-2H2,3H3/b18-5+;. The number of ether oxygens (including phenoxy) is 2. The van der Waals surface area contributed by atoms with Crippen molar-refractivity contribution in [1.82, 2.24) is 9.80 Å². The molecule has 0 aromatic heterocycles. The Morgan fingerprint density at radius 2 is 1.97 bits per heavy atom. The number of likely N-dealkylation sites (N-methyl/N-ethyl adjacent to an activating group) is 1. The first-order chi connectivity index (χ1) is 17.9. The van der Waals surface area contributed by atoms with Gasteiger partial charge >= 0.3 is 6.11 Å². The van der Waals surface area contributed by atoms with E-state index in [0.717, 1.165) is 60.8 Å². The summed E-state index contributed by atoms with van der Waals surface area (Å²) in [7, 11) is 2.16.